The van der Waals surface area contributed by atoms with E-state index in [9.17, 15) is 0 Å². The molecule has 6 heteroatoms. The fourth-order valence-electron chi connectivity index (χ4n) is 1.52. The summed E-state index contributed by atoms with van der Waals surface area (Å²) >= 11 is 1.73. The Balaban J connectivity index is 2.46. The summed E-state index contributed by atoms with van der Waals surface area (Å²) in [5.74, 6) is 1.58. The van der Waals surface area contributed by atoms with Crippen LogP contribution in [-0.4, -0.2) is 25.3 Å². The minimum Gasteiger partial charge on any atom is -0.382 e. The molecule has 0 fully saturated rings. The Hall–Kier alpha value is -1.30. The van der Waals surface area contributed by atoms with E-state index in [2.05, 4.69) is 19.5 Å². The first-order valence-electron chi connectivity index (χ1n) is 3.96. The highest BCUT2D eigenvalue weighted by Crippen LogP contribution is 2.30. The fraction of sp³-hybridized carbons (Fsp3) is 0.286. The van der Waals surface area contributed by atoms with Gasteiger partial charge in [0.1, 0.15) is 11.8 Å². The molecule has 1 aliphatic heterocycles. The summed E-state index contributed by atoms with van der Waals surface area (Å²) < 4.78 is 2.08. The topological polar surface area (TPSA) is 69.6 Å². The number of hydrogen-bond donors (Lipinski definition) is 1. The van der Waals surface area contributed by atoms with Crippen LogP contribution in [0.15, 0.2) is 11.5 Å². The van der Waals surface area contributed by atoms with Crippen molar-refractivity contribution in [1.82, 2.24) is 19.5 Å². The van der Waals surface area contributed by atoms with Crippen molar-refractivity contribution in [1.29, 1.82) is 0 Å². The maximum atomic E-state index is 5.75. The van der Waals surface area contributed by atoms with Gasteiger partial charge in [0, 0.05) is 12.3 Å². The van der Waals surface area contributed by atoms with Gasteiger partial charge in [0.15, 0.2) is 16.6 Å². The van der Waals surface area contributed by atoms with Gasteiger partial charge < -0.3 is 10.3 Å². The number of imidazole rings is 1. The number of aromatic nitrogens is 4. The second-order valence-electron chi connectivity index (χ2n) is 2.83. The molecular weight excluding hydrogens is 186 g/mol. The zero-order valence-electron chi connectivity index (χ0n) is 6.77. The lowest BCUT2D eigenvalue weighted by Gasteiger charge is -1.98. The highest BCUT2D eigenvalue weighted by molar-refractivity contribution is 7.99. The van der Waals surface area contributed by atoms with Gasteiger partial charge in [0.2, 0.25) is 0 Å². The molecule has 0 amide bonds. The van der Waals surface area contributed by atoms with Crippen molar-refractivity contribution in [2.24, 2.45) is 0 Å². The van der Waals surface area contributed by atoms with Crippen LogP contribution in [0.1, 0.15) is 0 Å². The molecule has 0 aromatic carbocycles. The number of aryl methyl sites for hydroxylation is 1. The normalized spacial score (nSPS) is 15.1. The van der Waals surface area contributed by atoms with Gasteiger partial charge in [-0.1, -0.05) is 11.8 Å². The Morgan fingerprint density at radius 1 is 1.46 bits per heavy atom. The number of anilines is 1. The third-order valence-electron chi connectivity index (χ3n) is 2.08. The standard InChI is InChI=1S/C7H7N5S/c8-5-4-6(10-3-9-5)11-7-12(4)1-2-13-7/h3H,1-2H2,(H2,8,9,10). The Morgan fingerprint density at radius 2 is 2.38 bits per heavy atom. The van der Waals surface area contributed by atoms with Crippen molar-refractivity contribution in [3.8, 4) is 0 Å². The number of rotatable bonds is 0. The quantitative estimate of drug-likeness (QED) is 0.660. The van der Waals surface area contributed by atoms with Crippen LogP contribution < -0.4 is 5.73 Å². The van der Waals surface area contributed by atoms with Crippen molar-refractivity contribution in [2.75, 3.05) is 11.5 Å². The van der Waals surface area contributed by atoms with Gasteiger partial charge in [-0.25, -0.2) is 15.0 Å². The molecule has 2 aromatic rings. The molecule has 0 aliphatic carbocycles. The highest BCUT2D eigenvalue weighted by Gasteiger charge is 2.19. The van der Waals surface area contributed by atoms with Gasteiger partial charge in [0.05, 0.1) is 0 Å². The zero-order chi connectivity index (χ0) is 8.84. The maximum Gasteiger partial charge on any atom is 0.184 e. The minimum absolute atomic E-state index is 0.520. The summed E-state index contributed by atoms with van der Waals surface area (Å²) in [6.07, 6.45) is 1.45. The molecule has 0 saturated carbocycles. The van der Waals surface area contributed by atoms with Crippen molar-refractivity contribution in [2.45, 2.75) is 11.7 Å². The predicted molar refractivity (Wildman–Crippen MR) is 50.5 cm³/mol. The molecule has 0 radical (unpaired) electrons. The molecule has 0 saturated heterocycles. The number of nitrogens with zero attached hydrogens (tertiary/aromatic N) is 4. The van der Waals surface area contributed by atoms with Crippen LogP contribution in [0.4, 0.5) is 5.82 Å². The lowest BCUT2D eigenvalue weighted by Crippen LogP contribution is -1.99. The van der Waals surface area contributed by atoms with E-state index >= 15 is 0 Å². The van der Waals surface area contributed by atoms with Gasteiger partial charge in [-0.15, -0.1) is 0 Å². The van der Waals surface area contributed by atoms with Gasteiger partial charge in [-0.2, -0.15) is 0 Å². The van der Waals surface area contributed by atoms with Crippen LogP contribution in [0.25, 0.3) is 11.2 Å². The lowest BCUT2D eigenvalue weighted by atomic mass is 10.5. The lowest BCUT2D eigenvalue weighted by molar-refractivity contribution is 0.743. The van der Waals surface area contributed by atoms with Crippen molar-refractivity contribution in [3.05, 3.63) is 6.33 Å². The van der Waals surface area contributed by atoms with E-state index in [-0.39, 0.29) is 0 Å². The molecule has 13 heavy (non-hydrogen) atoms. The van der Waals surface area contributed by atoms with E-state index in [0.29, 0.717) is 11.5 Å². The van der Waals surface area contributed by atoms with Gasteiger partial charge in [-0.3, -0.25) is 0 Å². The molecule has 3 rings (SSSR count). The summed E-state index contributed by atoms with van der Waals surface area (Å²) in [7, 11) is 0. The number of nitrogens with two attached hydrogens (primary N) is 1. The third-order valence-corrected chi connectivity index (χ3v) is 3.04. The van der Waals surface area contributed by atoms with Crippen LogP contribution in [0.5, 0.6) is 0 Å². The first-order valence-corrected chi connectivity index (χ1v) is 4.94. The Bertz CT molecular complexity index is 477. The maximum absolute atomic E-state index is 5.75. The van der Waals surface area contributed by atoms with Gasteiger partial charge in [0.25, 0.3) is 0 Å². The first-order chi connectivity index (χ1) is 6.36. The Morgan fingerprint density at radius 3 is 3.31 bits per heavy atom. The number of fused-ring (bicyclic) bond motifs is 3. The molecule has 0 spiro atoms. The second-order valence-corrected chi connectivity index (χ2v) is 3.89. The molecule has 3 heterocycles. The summed E-state index contributed by atoms with van der Waals surface area (Å²) in [4.78, 5) is 12.4. The molecule has 66 valence electrons. The third kappa shape index (κ3) is 0.859. The molecule has 5 nitrogen and oxygen atoms in total. The van der Waals surface area contributed by atoms with Crippen LogP contribution >= 0.6 is 11.8 Å². The summed E-state index contributed by atoms with van der Waals surface area (Å²) in [6.45, 7) is 0.952. The van der Waals surface area contributed by atoms with Crippen LogP contribution in [0.2, 0.25) is 0 Å². The monoisotopic (exact) mass is 193 g/mol. The first kappa shape index (κ1) is 7.14. The largest absolute Gasteiger partial charge is 0.382 e. The number of nitrogen functional groups attached to an aromatic ring is 1. The smallest absolute Gasteiger partial charge is 0.184 e. The van der Waals surface area contributed by atoms with E-state index in [1.807, 2.05) is 0 Å². The van der Waals surface area contributed by atoms with E-state index < -0.39 is 0 Å². The molecule has 0 atom stereocenters. The van der Waals surface area contributed by atoms with Crippen LogP contribution in [0, 0.1) is 0 Å². The summed E-state index contributed by atoms with van der Waals surface area (Å²) in [6, 6.07) is 0. The predicted octanol–water partition coefficient (Wildman–Crippen LogP) is 0.514. The van der Waals surface area contributed by atoms with E-state index in [1.54, 1.807) is 11.8 Å². The Kier molecular flexibility index (Phi) is 1.29. The van der Waals surface area contributed by atoms with Crippen molar-refractivity contribution in [3.63, 3.8) is 0 Å². The molecule has 2 aromatic heterocycles. The van der Waals surface area contributed by atoms with E-state index in [4.69, 9.17) is 5.73 Å². The molecule has 2 N–H and O–H groups in total. The fourth-order valence-corrected chi connectivity index (χ4v) is 2.46. The Labute approximate surface area is 78.4 Å². The second kappa shape index (κ2) is 2.35. The van der Waals surface area contributed by atoms with Crippen LogP contribution in [-0.2, 0) is 6.54 Å². The van der Waals surface area contributed by atoms with Gasteiger partial charge >= 0.3 is 0 Å². The van der Waals surface area contributed by atoms with Crippen molar-refractivity contribution >= 4 is 28.7 Å². The van der Waals surface area contributed by atoms with Crippen LogP contribution in [0.3, 0.4) is 0 Å². The highest BCUT2D eigenvalue weighted by atomic mass is 32.2. The molecule has 1 aliphatic rings. The summed E-state index contributed by atoms with van der Waals surface area (Å²) in [5.41, 5.74) is 7.33. The average molecular weight is 193 g/mol. The number of hydrogen-bond acceptors (Lipinski definition) is 5. The molecule has 0 unspecified atom stereocenters. The van der Waals surface area contributed by atoms with E-state index in [1.165, 1.54) is 6.33 Å². The van der Waals surface area contributed by atoms with E-state index in [0.717, 1.165) is 23.0 Å². The number of thioether (sulfide) groups is 1. The average Bonchev–Trinajstić information content (AvgIpc) is 2.62. The summed E-state index contributed by atoms with van der Waals surface area (Å²) in [5, 5.41) is 1.00. The molecular formula is C7H7N5S. The zero-order valence-corrected chi connectivity index (χ0v) is 7.58. The SMILES string of the molecule is Nc1ncnc2nc3n(c12)CCS3. The van der Waals surface area contributed by atoms with Crippen molar-refractivity contribution < 1.29 is 0 Å². The van der Waals surface area contributed by atoms with Gasteiger partial charge in [-0.05, 0) is 0 Å². The minimum atomic E-state index is 0.520. The molecule has 0 bridgehead atoms.